The first-order valence-electron chi connectivity index (χ1n) is 8.74. The lowest BCUT2D eigenvalue weighted by Gasteiger charge is -2.32. The number of likely N-dealkylation sites (tertiary alicyclic amines) is 1. The van der Waals surface area contributed by atoms with Gasteiger partial charge < -0.3 is 15.0 Å². The molecule has 0 radical (unpaired) electrons. The van der Waals surface area contributed by atoms with Gasteiger partial charge in [0, 0.05) is 24.8 Å². The molecule has 3 rings (SSSR count). The Bertz CT molecular complexity index is 814. The Labute approximate surface area is 155 Å². The van der Waals surface area contributed by atoms with E-state index in [0.717, 1.165) is 12.1 Å². The molecule has 1 N–H and O–H groups in total. The third-order valence-corrected chi connectivity index (χ3v) is 4.43. The van der Waals surface area contributed by atoms with Crippen LogP contribution < -0.4 is 10.1 Å². The molecule has 0 spiro atoms. The summed E-state index contributed by atoms with van der Waals surface area (Å²) >= 11 is 0. The largest absolute Gasteiger partial charge is 0.481 e. The van der Waals surface area contributed by atoms with Crippen molar-refractivity contribution in [1.29, 1.82) is 0 Å². The van der Waals surface area contributed by atoms with Crippen LogP contribution in [0.2, 0.25) is 0 Å². The highest BCUT2D eigenvalue weighted by molar-refractivity contribution is 5.93. The molecule has 0 aromatic heterocycles. The number of halogens is 2. The zero-order valence-corrected chi connectivity index (χ0v) is 14.7. The van der Waals surface area contributed by atoms with Crippen molar-refractivity contribution < 1.29 is 23.1 Å². The van der Waals surface area contributed by atoms with Gasteiger partial charge >= 0.3 is 0 Å². The maximum absolute atomic E-state index is 13.6. The van der Waals surface area contributed by atoms with E-state index in [0.29, 0.717) is 31.1 Å². The Morgan fingerprint density at radius 1 is 1.15 bits per heavy atom. The monoisotopic (exact) mass is 374 g/mol. The summed E-state index contributed by atoms with van der Waals surface area (Å²) < 4.78 is 31.6. The van der Waals surface area contributed by atoms with E-state index in [1.165, 1.54) is 0 Å². The molecule has 2 amide bonds. The number of ether oxygens (including phenoxy) is 1. The van der Waals surface area contributed by atoms with E-state index < -0.39 is 11.6 Å². The standard InChI is InChI=1S/C20H20F2N2O3/c21-15-8-9-18(17(22)11-15)27-13-19(25)24-10-4-5-14(12-24)20(26)23-16-6-2-1-3-7-16/h1-3,6-9,11,14H,4-5,10,12-13H2,(H,23,26). The highest BCUT2D eigenvalue weighted by Gasteiger charge is 2.28. The van der Waals surface area contributed by atoms with Gasteiger partial charge in [-0.2, -0.15) is 0 Å². The van der Waals surface area contributed by atoms with Crippen LogP contribution in [0.25, 0.3) is 0 Å². The summed E-state index contributed by atoms with van der Waals surface area (Å²) in [7, 11) is 0. The van der Waals surface area contributed by atoms with Gasteiger partial charge in [-0.05, 0) is 37.1 Å². The summed E-state index contributed by atoms with van der Waals surface area (Å²) in [6.07, 6.45) is 1.39. The van der Waals surface area contributed by atoms with Gasteiger partial charge in [0.05, 0.1) is 5.92 Å². The van der Waals surface area contributed by atoms with Crippen LogP contribution in [0.3, 0.4) is 0 Å². The van der Waals surface area contributed by atoms with E-state index in [-0.39, 0.29) is 36.6 Å². The van der Waals surface area contributed by atoms with E-state index >= 15 is 0 Å². The number of nitrogens with one attached hydrogen (secondary N) is 1. The van der Waals surface area contributed by atoms with Crippen molar-refractivity contribution in [3.8, 4) is 5.75 Å². The average molecular weight is 374 g/mol. The van der Waals surface area contributed by atoms with Crippen LogP contribution in [0, 0.1) is 17.6 Å². The molecular weight excluding hydrogens is 354 g/mol. The first-order chi connectivity index (χ1) is 13.0. The first-order valence-corrected chi connectivity index (χ1v) is 8.74. The van der Waals surface area contributed by atoms with E-state index in [4.69, 9.17) is 4.74 Å². The molecule has 5 nitrogen and oxygen atoms in total. The molecule has 0 bridgehead atoms. The smallest absolute Gasteiger partial charge is 0.260 e. The Morgan fingerprint density at radius 3 is 2.67 bits per heavy atom. The molecule has 1 heterocycles. The molecule has 1 aliphatic heterocycles. The molecule has 2 aromatic carbocycles. The summed E-state index contributed by atoms with van der Waals surface area (Å²) in [4.78, 5) is 26.3. The van der Waals surface area contributed by atoms with E-state index in [2.05, 4.69) is 5.32 Å². The lowest BCUT2D eigenvalue weighted by atomic mass is 9.97. The summed E-state index contributed by atoms with van der Waals surface area (Å²) in [5.41, 5.74) is 0.709. The number of carbonyl (C=O) groups is 2. The fourth-order valence-electron chi connectivity index (χ4n) is 3.01. The van der Waals surface area contributed by atoms with Crippen molar-refractivity contribution in [1.82, 2.24) is 4.90 Å². The molecule has 142 valence electrons. The fraction of sp³-hybridized carbons (Fsp3) is 0.300. The minimum absolute atomic E-state index is 0.135. The average Bonchev–Trinajstić information content (AvgIpc) is 2.68. The van der Waals surface area contributed by atoms with Crippen LogP contribution in [0.1, 0.15) is 12.8 Å². The molecule has 1 saturated heterocycles. The molecule has 7 heteroatoms. The molecule has 1 atom stereocenters. The predicted molar refractivity (Wildman–Crippen MR) is 96.2 cm³/mol. The highest BCUT2D eigenvalue weighted by Crippen LogP contribution is 2.20. The molecule has 1 unspecified atom stereocenters. The van der Waals surface area contributed by atoms with E-state index in [1.807, 2.05) is 18.2 Å². The summed E-state index contributed by atoms with van der Waals surface area (Å²) in [6, 6.07) is 12.0. The zero-order valence-electron chi connectivity index (χ0n) is 14.7. The number of piperidine rings is 1. The number of rotatable bonds is 5. The number of carbonyl (C=O) groups excluding carboxylic acids is 2. The normalized spacial score (nSPS) is 16.7. The van der Waals surface area contributed by atoms with Crippen molar-refractivity contribution in [2.75, 3.05) is 25.0 Å². The Morgan fingerprint density at radius 2 is 1.93 bits per heavy atom. The number of para-hydroxylation sites is 1. The van der Waals surface area contributed by atoms with E-state index in [9.17, 15) is 18.4 Å². The fourth-order valence-corrected chi connectivity index (χ4v) is 3.01. The first kappa shape index (κ1) is 18.8. The van der Waals surface area contributed by atoms with Gasteiger partial charge in [0.1, 0.15) is 5.82 Å². The van der Waals surface area contributed by atoms with Crippen LogP contribution >= 0.6 is 0 Å². The number of benzene rings is 2. The number of hydrogen-bond donors (Lipinski definition) is 1. The SMILES string of the molecule is O=C(Nc1ccccc1)C1CCCN(C(=O)COc2ccc(F)cc2F)C1. The molecule has 2 aromatic rings. The molecular formula is C20H20F2N2O3. The minimum Gasteiger partial charge on any atom is -0.481 e. The van der Waals surface area contributed by atoms with Crippen LogP contribution in [-0.2, 0) is 9.59 Å². The summed E-state index contributed by atoms with van der Waals surface area (Å²) in [5.74, 6) is -2.54. The second kappa shape index (κ2) is 8.62. The second-order valence-corrected chi connectivity index (χ2v) is 6.40. The van der Waals surface area contributed by atoms with Crippen molar-refractivity contribution in [2.24, 2.45) is 5.92 Å². The lowest BCUT2D eigenvalue weighted by molar-refractivity contribution is -0.136. The second-order valence-electron chi connectivity index (χ2n) is 6.40. The molecule has 0 aliphatic carbocycles. The number of hydrogen-bond acceptors (Lipinski definition) is 3. The van der Waals surface area contributed by atoms with Gasteiger partial charge in [-0.3, -0.25) is 9.59 Å². The Balaban J connectivity index is 1.53. The third-order valence-electron chi connectivity index (χ3n) is 4.43. The van der Waals surface area contributed by atoms with E-state index in [1.54, 1.807) is 17.0 Å². The Kier molecular flexibility index (Phi) is 6.01. The maximum Gasteiger partial charge on any atom is 0.260 e. The number of amides is 2. The highest BCUT2D eigenvalue weighted by atomic mass is 19.1. The zero-order chi connectivity index (χ0) is 19.2. The summed E-state index contributed by atoms with van der Waals surface area (Å²) in [5, 5.41) is 2.85. The molecule has 0 saturated carbocycles. The molecule has 27 heavy (non-hydrogen) atoms. The van der Waals surface area contributed by atoms with Gasteiger partial charge in [-0.15, -0.1) is 0 Å². The topological polar surface area (TPSA) is 58.6 Å². The van der Waals surface area contributed by atoms with Crippen LogP contribution in [0.15, 0.2) is 48.5 Å². The van der Waals surface area contributed by atoms with Crippen molar-refractivity contribution in [3.63, 3.8) is 0 Å². The van der Waals surface area contributed by atoms with Gasteiger partial charge in [-0.1, -0.05) is 18.2 Å². The molecule has 1 aliphatic rings. The van der Waals surface area contributed by atoms with Crippen LogP contribution in [0.5, 0.6) is 5.75 Å². The minimum atomic E-state index is -0.860. The van der Waals surface area contributed by atoms with Gasteiger partial charge in [0.25, 0.3) is 5.91 Å². The van der Waals surface area contributed by atoms with Gasteiger partial charge in [0.2, 0.25) is 5.91 Å². The van der Waals surface area contributed by atoms with Crippen LogP contribution in [-0.4, -0.2) is 36.4 Å². The summed E-state index contributed by atoms with van der Waals surface area (Å²) in [6.45, 7) is 0.436. The van der Waals surface area contributed by atoms with Gasteiger partial charge in [-0.25, -0.2) is 8.78 Å². The lowest BCUT2D eigenvalue weighted by Crippen LogP contribution is -2.45. The van der Waals surface area contributed by atoms with Crippen molar-refractivity contribution >= 4 is 17.5 Å². The van der Waals surface area contributed by atoms with Crippen molar-refractivity contribution in [2.45, 2.75) is 12.8 Å². The predicted octanol–water partition coefficient (Wildman–Crippen LogP) is 3.22. The molecule has 1 fully saturated rings. The van der Waals surface area contributed by atoms with Crippen LogP contribution in [0.4, 0.5) is 14.5 Å². The maximum atomic E-state index is 13.6. The van der Waals surface area contributed by atoms with Crippen molar-refractivity contribution in [3.05, 3.63) is 60.2 Å². The van der Waals surface area contributed by atoms with Gasteiger partial charge in [0.15, 0.2) is 18.2 Å². The number of nitrogens with zero attached hydrogens (tertiary/aromatic N) is 1. The number of anilines is 1. The Hall–Kier alpha value is -2.96. The third kappa shape index (κ3) is 5.03. The quantitative estimate of drug-likeness (QED) is 0.874.